The lowest BCUT2D eigenvalue weighted by molar-refractivity contribution is -0.140. The van der Waals surface area contributed by atoms with E-state index in [4.69, 9.17) is 9.47 Å². The maximum absolute atomic E-state index is 6.12. The molecular formula is C18H31N3O2. The van der Waals surface area contributed by atoms with Crippen molar-refractivity contribution in [2.75, 3.05) is 26.4 Å². The Labute approximate surface area is 139 Å². The summed E-state index contributed by atoms with van der Waals surface area (Å²) in [6.45, 7) is 11.0. The minimum Gasteiger partial charge on any atom is -0.381 e. The number of nitrogens with zero attached hydrogens (tertiary/aromatic N) is 2. The highest BCUT2D eigenvalue weighted by Gasteiger charge is 2.38. The van der Waals surface area contributed by atoms with Crippen molar-refractivity contribution in [3.63, 3.8) is 0 Å². The van der Waals surface area contributed by atoms with E-state index in [2.05, 4.69) is 35.9 Å². The normalized spacial score (nSPS) is 24.2. The lowest BCUT2D eigenvalue weighted by Gasteiger charge is -2.43. The first-order chi connectivity index (χ1) is 11.1. The van der Waals surface area contributed by atoms with E-state index in [1.165, 1.54) is 17.0 Å². The molecule has 1 aromatic heterocycles. The van der Waals surface area contributed by atoms with Crippen LogP contribution in [0.2, 0.25) is 0 Å². The molecule has 1 N–H and O–H groups in total. The Balaban J connectivity index is 1.51. The van der Waals surface area contributed by atoms with Gasteiger partial charge in [-0.05, 0) is 65.0 Å². The molecule has 0 radical (unpaired) electrons. The van der Waals surface area contributed by atoms with Gasteiger partial charge in [0.15, 0.2) is 0 Å². The molecule has 1 atom stereocenters. The Morgan fingerprint density at radius 2 is 2.04 bits per heavy atom. The molecule has 2 aliphatic heterocycles. The molecule has 1 aromatic rings. The molecule has 1 spiro atoms. The number of hydrogen-bond donors (Lipinski definition) is 1. The van der Waals surface area contributed by atoms with Crippen LogP contribution in [0.3, 0.4) is 0 Å². The van der Waals surface area contributed by atoms with E-state index in [1.54, 1.807) is 0 Å². The SMILES string of the molecule is CCn1nc(C)c(CCN[C@H]2CCOC3(CCOCC3)C2)c1C. The van der Waals surface area contributed by atoms with Gasteiger partial charge in [-0.1, -0.05) is 0 Å². The van der Waals surface area contributed by atoms with Crippen molar-refractivity contribution in [1.29, 1.82) is 0 Å². The van der Waals surface area contributed by atoms with Gasteiger partial charge in [-0.2, -0.15) is 5.10 Å². The zero-order valence-electron chi connectivity index (χ0n) is 14.9. The highest BCUT2D eigenvalue weighted by molar-refractivity contribution is 5.24. The van der Waals surface area contributed by atoms with Crippen molar-refractivity contribution >= 4 is 0 Å². The summed E-state index contributed by atoms with van der Waals surface area (Å²) in [6, 6.07) is 0.573. The van der Waals surface area contributed by atoms with Crippen molar-refractivity contribution in [1.82, 2.24) is 15.1 Å². The first-order valence-corrected chi connectivity index (χ1v) is 9.11. The Morgan fingerprint density at radius 3 is 2.74 bits per heavy atom. The second-order valence-electron chi connectivity index (χ2n) is 7.00. The van der Waals surface area contributed by atoms with Gasteiger partial charge >= 0.3 is 0 Å². The molecule has 23 heavy (non-hydrogen) atoms. The zero-order chi connectivity index (χ0) is 16.3. The van der Waals surface area contributed by atoms with Gasteiger partial charge in [-0.15, -0.1) is 0 Å². The lowest BCUT2D eigenvalue weighted by atomic mass is 9.84. The van der Waals surface area contributed by atoms with Crippen LogP contribution in [0.4, 0.5) is 0 Å². The van der Waals surface area contributed by atoms with Gasteiger partial charge in [-0.25, -0.2) is 0 Å². The van der Waals surface area contributed by atoms with Crippen LogP contribution in [-0.4, -0.2) is 47.8 Å². The van der Waals surface area contributed by atoms with E-state index in [9.17, 15) is 0 Å². The summed E-state index contributed by atoms with van der Waals surface area (Å²) in [4.78, 5) is 0. The van der Waals surface area contributed by atoms with Crippen LogP contribution in [-0.2, 0) is 22.4 Å². The number of aromatic nitrogens is 2. The molecule has 0 amide bonds. The Hall–Kier alpha value is -0.910. The topological polar surface area (TPSA) is 48.3 Å². The second kappa shape index (κ2) is 7.32. The van der Waals surface area contributed by atoms with E-state index < -0.39 is 0 Å². The fourth-order valence-corrected chi connectivity index (χ4v) is 4.10. The van der Waals surface area contributed by atoms with E-state index in [-0.39, 0.29) is 5.60 Å². The maximum atomic E-state index is 6.12. The molecule has 0 saturated carbocycles. The van der Waals surface area contributed by atoms with Crippen LogP contribution in [0.25, 0.3) is 0 Å². The molecule has 2 saturated heterocycles. The first-order valence-electron chi connectivity index (χ1n) is 9.11. The molecular weight excluding hydrogens is 290 g/mol. The molecule has 0 unspecified atom stereocenters. The van der Waals surface area contributed by atoms with Crippen LogP contribution in [0.15, 0.2) is 0 Å². The minimum atomic E-state index is 0.0765. The quantitative estimate of drug-likeness (QED) is 0.904. The van der Waals surface area contributed by atoms with E-state index in [0.717, 1.165) is 65.0 Å². The number of hydrogen-bond acceptors (Lipinski definition) is 4. The van der Waals surface area contributed by atoms with E-state index >= 15 is 0 Å². The minimum absolute atomic E-state index is 0.0765. The molecule has 3 rings (SSSR count). The molecule has 3 heterocycles. The monoisotopic (exact) mass is 321 g/mol. The first kappa shape index (κ1) is 16.9. The highest BCUT2D eigenvalue weighted by Crippen LogP contribution is 2.34. The fraction of sp³-hybridized carbons (Fsp3) is 0.833. The van der Waals surface area contributed by atoms with Crippen molar-refractivity contribution < 1.29 is 9.47 Å². The molecule has 130 valence electrons. The molecule has 5 nitrogen and oxygen atoms in total. The lowest BCUT2D eigenvalue weighted by Crippen LogP contribution is -2.50. The predicted octanol–water partition coefficient (Wildman–Crippen LogP) is 2.38. The highest BCUT2D eigenvalue weighted by atomic mass is 16.5. The summed E-state index contributed by atoms with van der Waals surface area (Å²) >= 11 is 0. The Kier molecular flexibility index (Phi) is 5.39. The fourth-order valence-electron chi connectivity index (χ4n) is 4.10. The molecule has 0 bridgehead atoms. The van der Waals surface area contributed by atoms with Gasteiger partial charge in [0.05, 0.1) is 11.3 Å². The third-order valence-corrected chi connectivity index (χ3v) is 5.54. The van der Waals surface area contributed by atoms with E-state index in [1.807, 2.05) is 0 Å². The standard InChI is InChI=1S/C18H31N3O2/c1-4-21-15(3)17(14(2)20-21)5-9-19-16-6-10-23-18(13-16)7-11-22-12-8-18/h16,19H,4-13H2,1-3H3/t16-/m0/s1. The largest absolute Gasteiger partial charge is 0.381 e. The third kappa shape index (κ3) is 3.78. The third-order valence-electron chi connectivity index (χ3n) is 5.54. The van der Waals surface area contributed by atoms with Gasteiger partial charge in [0.2, 0.25) is 0 Å². The molecule has 2 aliphatic rings. The Morgan fingerprint density at radius 1 is 1.26 bits per heavy atom. The smallest absolute Gasteiger partial charge is 0.0741 e. The number of rotatable bonds is 5. The molecule has 2 fully saturated rings. The average Bonchev–Trinajstić information content (AvgIpc) is 2.83. The summed E-state index contributed by atoms with van der Waals surface area (Å²) in [5.74, 6) is 0. The summed E-state index contributed by atoms with van der Waals surface area (Å²) in [5, 5.41) is 8.38. The van der Waals surface area contributed by atoms with Crippen molar-refractivity contribution in [3.8, 4) is 0 Å². The zero-order valence-corrected chi connectivity index (χ0v) is 14.9. The van der Waals surface area contributed by atoms with Gasteiger partial charge in [0, 0.05) is 38.1 Å². The van der Waals surface area contributed by atoms with Gasteiger partial charge in [0.25, 0.3) is 0 Å². The van der Waals surface area contributed by atoms with Crippen molar-refractivity contribution in [3.05, 3.63) is 17.0 Å². The summed E-state index contributed by atoms with van der Waals surface area (Å²) in [6.07, 6.45) is 5.40. The van der Waals surface area contributed by atoms with Crippen LogP contribution in [0.5, 0.6) is 0 Å². The summed E-state index contributed by atoms with van der Waals surface area (Å²) < 4.78 is 13.7. The molecule has 0 aliphatic carbocycles. The number of ether oxygens (including phenoxy) is 2. The molecule has 5 heteroatoms. The van der Waals surface area contributed by atoms with Gasteiger partial charge in [0.1, 0.15) is 0 Å². The van der Waals surface area contributed by atoms with Gasteiger partial charge in [-0.3, -0.25) is 4.68 Å². The number of nitrogens with one attached hydrogen (secondary N) is 1. The van der Waals surface area contributed by atoms with Crippen molar-refractivity contribution in [2.24, 2.45) is 0 Å². The van der Waals surface area contributed by atoms with Crippen molar-refractivity contribution in [2.45, 2.75) is 71.1 Å². The van der Waals surface area contributed by atoms with Crippen LogP contribution in [0, 0.1) is 13.8 Å². The van der Waals surface area contributed by atoms with Crippen LogP contribution < -0.4 is 5.32 Å². The summed E-state index contributed by atoms with van der Waals surface area (Å²) in [5.41, 5.74) is 3.98. The molecule has 0 aromatic carbocycles. The average molecular weight is 321 g/mol. The van der Waals surface area contributed by atoms with Crippen LogP contribution in [0.1, 0.15) is 49.6 Å². The number of aryl methyl sites for hydroxylation is 2. The van der Waals surface area contributed by atoms with Gasteiger partial charge < -0.3 is 14.8 Å². The maximum Gasteiger partial charge on any atom is 0.0741 e. The van der Waals surface area contributed by atoms with Crippen LogP contribution >= 0.6 is 0 Å². The van der Waals surface area contributed by atoms with E-state index in [0.29, 0.717) is 6.04 Å². The predicted molar refractivity (Wildman–Crippen MR) is 90.8 cm³/mol. The second-order valence-corrected chi connectivity index (χ2v) is 7.00. The summed E-state index contributed by atoms with van der Waals surface area (Å²) in [7, 11) is 0. The Bertz CT molecular complexity index is 515.